The number of hydrogen-bond donors (Lipinski definition) is 4. The summed E-state index contributed by atoms with van der Waals surface area (Å²) < 4.78 is 11.3. The fourth-order valence-corrected chi connectivity index (χ4v) is 2.32. The van der Waals surface area contributed by atoms with Crippen LogP contribution >= 0.6 is 0 Å². The van der Waals surface area contributed by atoms with Crippen LogP contribution in [0, 0.1) is 0 Å². The Morgan fingerprint density at radius 2 is 2.23 bits per heavy atom. The first-order valence-electron chi connectivity index (χ1n) is 7.21. The molecule has 7 nitrogen and oxygen atoms in total. The first-order valence-corrected chi connectivity index (χ1v) is 7.21. The lowest BCUT2D eigenvalue weighted by atomic mass is 10.00. The number of ether oxygens (including phenoxy) is 2. The third kappa shape index (κ3) is 4.62. The molecular weight excluding hydrogens is 290 g/mol. The van der Waals surface area contributed by atoms with Crippen LogP contribution in [0.2, 0.25) is 0 Å². The maximum Gasteiger partial charge on any atom is 0.160 e. The van der Waals surface area contributed by atoms with Crippen molar-refractivity contribution in [1.82, 2.24) is 0 Å². The Morgan fingerprint density at radius 1 is 1.59 bits per heavy atom. The van der Waals surface area contributed by atoms with E-state index in [1.54, 1.807) is 13.8 Å². The topological polar surface area (TPSA) is 122 Å². The molecule has 7 heteroatoms. The molecule has 5 N–H and O–H groups in total. The van der Waals surface area contributed by atoms with Crippen LogP contribution in [0.3, 0.4) is 0 Å². The van der Waals surface area contributed by atoms with Gasteiger partial charge in [0.25, 0.3) is 0 Å². The summed E-state index contributed by atoms with van der Waals surface area (Å²) in [4.78, 5) is 10.7. The number of nitrogens with two attached hydrogens (primary N) is 1. The molecule has 1 rings (SSSR count). The molecule has 0 spiro atoms. The molecule has 1 aliphatic heterocycles. The van der Waals surface area contributed by atoms with Gasteiger partial charge in [0, 0.05) is 31.1 Å². The Hall–Kier alpha value is -1.25. The zero-order valence-electron chi connectivity index (χ0n) is 12.9. The second kappa shape index (κ2) is 8.40. The number of aliphatic hydroxyl groups is 3. The lowest BCUT2D eigenvalue weighted by Crippen LogP contribution is -2.52. The van der Waals surface area contributed by atoms with Crippen LogP contribution in [0.1, 0.15) is 26.7 Å². The SMILES string of the molecule is C=C(C=O)/C(O)=C(\C)[C@H](CCO)OC1CC(N)C(O)C(C)O1. The van der Waals surface area contributed by atoms with Crippen molar-refractivity contribution >= 4 is 6.29 Å². The number of carbonyl (C=O) groups excluding carboxylic acids is 1. The van der Waals surface area contributed by atoms with Crippen molar-refractivity contribution in [3.05, 3.63) is 23.5 Å². The number of aliphatic hydroxyl groups excluding tert-OH is 3. The van der Waals surface area contributed by atoms with Crippen LogP contribution in [-0.2, 0) is 14.3 Å². The Balaban J connectivity index is 2.84. The van der Waals surface area contributed by atoms with Crippen molar-refractivity contribution in [2.45, 2.75) is 57.3 Å². The van der Waals surface area contributed by atoms with E-state index in [0.717, 1.165) is 0 Å². The van der Waals surface area contributed by atoms with Crippen molar-refractivity contribution in [1.29, 1.82) is 0 Å². The minimum absolute atomic E-state index is 0.0610. The van der Waals surface area contributed by atoms with E-state index in [9.17, 15) is 15.0 Å². The number of rotatable bonds is 7. The van der Waals surface area contributed by atoms with Gasteiger partial charge in [-0.05, 0) is 19.4 Å². The molecule has 0 radical (unpaired) electrons. The molecule has 0 aromatic carbocycles. The van der Waals surface area contributed by atoms with Gasteiger partial charge in [-0.2, -0.15) is 0 Å². The summed E-state index contributed by atoms with van der Waals surface area (Å²) in [5.74, 6) is -0.262. The van der Waals surface area contributed by atoms with Crippen LogP contribution in [0.4, 0.5) is 0 Å². The predicted molar refractivity (Wildman–Crippen MR) is 80.0 cm³/mol. The van der Waals surface area contributed by atoms with E-state index in [1.165, 1.54) is 0 Å². The first-order chi connectivity index (χ1) is 10.3. The second-order valence-electron chi connectivity index (χ2n) is 5.47. The highest BCUT2D eigenvalue weighted by Gasteiger charge is 2.35. The van der Waals surface area contributed by atoms with Gasteiger partial charge in [-0.3, -0.25) is 4.79 Å². The zero-order valence-corrected chi connectivity index (χ0v) is 12.9. The van der Waals surface area contributed by atoms with Crippen LogP contribution in [0.5, 0.6) is 0 Å². The lowest BCUT2D eigenvalue weighted by Gasteiger charge is -2.37. The van der Waals surface area contributed by atoms with Crippen LogP contribution < -0.4 is 5.73 Å². The van der Waals surface area contributed by atoms with E-state index in [4.69, 9.17) is 20.3 Å². The van der Waals surface area contributed by atoms with Gasteiger partial charge in [0.15, 0.2) is 12.6 Å². The molecule has 0 bridgehead atoms. The maximum absolute atomic E-state index is 10.7. The summed E-state index contributed by atoms with van der Waals surface area (Å²) in [7, 11) is 0. The van der Waals surface area contributed by atoms with E-state index >= 15 is 0 Å². The zero-order chi connectivity index (χ0) is 16.9. The van der Waals surface area contributed by atoms with Crippen molar-refractivity contribution in [3.63, 3.8) is 0 Å². The molecule has 4 unspecified atom stereocenters. The third-order valence-corrected chi connectivity index (χ3v) is 3.76. The van der Waals surface area contributed by atoms with Gasteiger partial charge in [-0.15, -0.1) is 0 Å². The summed E-state index contributed by atoms with van der Waals surface area (Å²) in [6.45, 7) is 6.55. The molecule has 1 saturated heterocycles. The van der Waals surface area contributed by atoms with Crippen molar-refractivity contribution in [3.8, 4) is 0 Å². The third-order valence-electron chi connectivity index (χ3n) is 3.76. The van der Waals surface area contributed by atoms with E-state index in [-0.39, 0.29) is 30.8 Å². The Morgan fingerprint density at radius 3 is 2.73 bits per heavy atom. The number of carbonyl (C=O) groups is 1. The number of aldehydes is 1. The summed E-state index contributed by atoms with van der Waals surface area (Å²) in [5, 5.41) is 28.9. The van der Waals surface area contributed by atoms with Crippen molar-refractivity contribution in [2.24, 2.45) is 5.73 Å². The van der Waals surface area contributed by atoms with Gasteiger partial charge in [0.1, 0.15) is 5.76 Å². The molecule has 0 amide bonds. The number of allylic oxidation sites excluding steroid dienone is 1. The van der Waals surface area contributed by atoms with E-state index in [1.807, 2.05) is 0 Å². The molecule has 22 heavy (non-hydrogen) atoms. The molecule has 5 atom stereocenters. The fraction of sp³-hybridized carbons (Fsp3) is 0.667. The molecule has 1 aliphatic rings. The fourth-order valence-electron chi connectivity index (χ4n) is 2.32. The van der Waals surface area contributed by atoms with Crippen molar-refractivity contribution < 1.29 is 29.6 Å². The van der Waals surface area contributed by atoms with E-state index < -0.39 is 30.6 Å². The van der Waals surface area contributed by atoms with E-state index in [0.29, 0.717) is 11.9 Å². The molecule has 126 valence electrons. The van der Waals surface area contributed by atoms with E-state index in [2.05, 4.69) is 6.58 Å². The van der Waals surface area contributed by atoms with Gasteiger partial charge in [0.05, 0.1) is 18.3 Å². The molecule has 0 aromatic heterocycles. The van der Waals surface area contributed by atoms with Crippen LogP contribution in [-0.4, -0.2) is 58.9 Å². The molecule has 0 aromatic rings. The monoisotopic (exact) mass is 315 g/mol. The van der Waals surface area contributed by atoms with Gasteiger partial charge >= 0.3 is 0 Å². The number of hydrogen-bond acceptors (Lipinski definition) is 7. The quantitative estimate of drug-likeness (QED) is 0.228. The highest BCUT2D eigenvalue weighted by atomic mass is 16.7. The maximum atomic E-state index is 10.7. The Labute approximate surface area is 130 Å². The van der Waals surface area contributed by atoms with Crippen LogP contribution in [0.25, 0.3) is 0 Å². The highest BCUT2D eigenvalue weighted by Crippen LogP contribution is 2.25. The minimum atomic E-state index is -0.768. The summed E-state index contributed by atoms with van der Waals surface area (Å²) in [6, 6.07) is -0.480. The summed E-state index contributed by atoms with van der Waals surface area (Å²) in [6.07, 6.45) is -1.62. The van der Waals surface area contributed by atoms with Crippen molar-refractivity contribution in [2.75, 3.05) is 6.61 Å². The normalized spacial score (nSPS) is 31.3. The summed E-state index contributed by atoms with van der Waals surface area (Å²) >= 11 is 0. The van der Waals surface area contributed by atoms with Gasteiger partial charge < -0.3 is 30.5 Å². The molecular formula is C15H25NO6. The lowest BCUT2D eigenvalue weighted by molar-refractivity contribution is -0.235. The standard InChI is InChI=1S/C15H25NO6/c1-8(7-18)14(19)9(2)12(4-5-17)22-13-6-11(16)15(20)10(3)21-13/h7,10-13,15,17,19-20H,1,4-6,16H2,2-3H3/b14-9-/t10?,11?,12-,13?,15?/m0/s1. The molecule has 0 saturated carbocycles. The minimum Gasteiger partial charge on any atom is -0.507 e. The second-order valence-corrected chi connectivity index (χ2v) is 5.47. The molecule has 1 heterocycles. The molecule has 0 aliphatic carbocycles. The van der Waals surface area contributed by atoms with Gasteiger partial charge in [-0.25, -0.2) is 0 Å². The smallest absolute Gasteiger partial charge is 0.160 e. The Kier molecular flexibility index (Phi) is 7.18. The van der Waals surface area contributed by atoms with Crippen LogP contribution in [0.15, 0.2) is 23.5 Å². The average Bonchev–Trinajstić information content (AvgIpc) is 2.49. The predicted octanol–water partition coefficient (Wildman–Crippen LogP) is 0.164. The molecule has 1 fully saturated rings. The highest BCUT2D eigenvalue weighted by molar-refractivity contribution is 5.78. The van der Waals surface area contributed by atoms with Gasteiger partial charge in [0.2, 0.25) is 0 Å². The first kappa shape index (κ1) is 18.8. The average molecular weight is 315 g/mol. The largest absolute Gasteiger partial charge is 0.507 e. The Bertz CT molecular complexity index is 424. The summed E-state index contributed by atoms with van der Waals surface area (Å²) in [5.41, 5.74) is 6.15. The van der Waals surface area contributed by atoms with Gasteiger partial charge in [-0.1, -0.05) is 6.58 Å².